The van der Waals surface area contributed by atoms with Crippen molar-refractivity contribution in [3.8, 4) is 0 Å². The molecule has 0 saturated carbocycles. The quantitative estimate of drug-likeness (QED) is 0.771. The molecule has 2 nitrogen and oxygen atoms in total. The van der Waals surface area contributed by atoms with Gasteiger partial charge in [-0.25, -0.2) is 0 Å². The molecule has 0 bridgehead atoms. The molecule has 0 aliphatic carbocycles. The SMILES string of the molecule is Cc1cc(C[C@H]2CCCN2)cc(C)n1. The van der Waals surface area contributed by atoms with Crippen molar-refractivity contribution in [3.63, 3.8) is 0 Å². The fourth-order valence-corrected chi connectivity index (χ4v) is 2.25. The summed E-state index contributed by atoms with van der Waals surface area (Å²) in [7, 11) is 0. The van der Waals surface area contributed by atoms with Gasteiger partial charge in [0.2, 0.25) is 0 Å². The van der Waals surface area contributed by atoms with Crippen molar-refractivity contribution in [2.75, 3.05) is 6.54 Å². The van der Waals surface area contributed by atoms with Gasteiger partial charge >= 0.3 is 0 Å². The second-order valence-corrected chi connectivity index (χ2v) is 4.26. The summed E-state index contributed by atoms with van der Waals surface area (Å²) in [6.45, 7) is 5.32. The first kappa shape index (κ1) is 9.66. The molecule has 1 N–H and O–H groups in total. The lowest BCUT2D eigenvalue weighted by Crippen LogP contribution is -2.23. The fourth-order valence-electron chi connectivity index (χ4n) is 2.25. The Kier molecular flexibility index (Phi) is 2.82. The van der Waals surface area contributed by atoms with E-state index in [1.165, 1.54) is 24.9 Å². The Hall–Kier alpha value is -0.890. The first-order valence-electron chi connectivity index (χ1n) is 5.41. The molecule has 0 radical (unpaired) electrons. The first-order chi connectivity index (χ1) is 6.74. The zero-order valence-corrected chi connectivity index (χ0v) is 9.01. The number of nitrogens with one attached hydrogen (secondary N) is 1. The van der Waals surface area contributed by atoms with Gasteiger partial charge in [-0.05, 0) is 57.4 Å². The summed E-state index contributed by atoms with van der Waals surface area (Å²) < 4.78 is 0. The van der Waals surface area contributed by atoms with E-state index in [0.29, 0.717) is 6.04 Å². The first-order valence-corrected chi connectivity index (χ1v) is 5.41. The average Bonchev–Trinajstić information content (AvgIpc) is 2.54. The van der Waals surface area contributed by atoms with E-state index in [9.17, 15) is 0 Å². The second kappa shape index (κ2) is 4.09. The van der Waals surface area contributed by atoms with Crippen LogP contribution < -0.4 is 5.32 Å². The van der Waals surface area contributed by atoms with E-state index in [2.05, 4.69) is 36.3 Å². The van der Waals surface area contributed by atoms with Crippen LogP contribution in [0.1, 0.15) is 29.8 Å². The molecule has 1 aromatic rings. The summed E-state index contributed by atoms with van der Waals surface area (Å²) >= 11 is 0. The zero-order valence-electron chi connectivity index (χ0n) is 9.01. The smallest absolute Gasteiger partial charge is 0.0378 e. The van der Waals surface area contributed by atoms with Gasteiger partial charge in [0.15, 0.2) is 0 Å². The molecule has 76 valence electrons. The van der Waals surface area contributed by atoms with Gasteiger partial charge in [-0.15, -0.1) is 0 Å². The number of aryl methyl sites for hydroxylation is 2. The second-order valence-electron chi connectivity index (χ2n) is 4.26. The maximum atomic E-state index is 4.39. The minimum Gasteiger partial charge on any atom is -0.314 e. The summed E-state index contributed by atoms with van der Waals surface area (Å²) in [4.78, 5) is 4.39. The Labute approximate surface area is 85.7 Å². The van der Waals surface area contributed by atoms with Crippen LogP contribution in [0.2, 0.25) is 0 Å². The van der Waals surface area contributed by atoms with Crippen LogP contribution in [-0.4, -0.2) is 17.6 Å². The number of rotatable bonds is 2. The largest absolute Gasteiger partial charge is 0.314 e. The number of hydrogen-bond acceptors (Lipinski definition) is 2. The maximum absolute atomic E-state index is 4.39. The molecule has 2 heteroatoms. The van der Waals surface area contributed by atoms with E-state index in [-0.39, 0.29) is 0 Å². The highest BCUT2D eigenvalue weighted by Crippen LogP contribution is 2.13. The highest BCUT2D eigenvalue weighted by atomic mass is 14.9. The third kappa shape index (κ3) is 2.32. The van der Waals surface area contributed by atoms with Crippen LogP contribution in [0.3, 0.4) is 0 Å². The molecule has 1 saturated heterocycles. The molecule has 0 unspecified atom stereocenters. The van der Waals surface area contributed by atoms with Crippen LogP contribution in [0.25, 0.3) is 0 Å². The van der Waals surface area contributed by atoms with Gasteiger partial charge in [-0.2, -0.15) is 0 Å². The summed E-state index contributed by atoms with van der Waals surface area (Å²) in [5, 5.41) is 3.52. The van der Waals surface area contributed by atoms with Gasteiger partial charge in [-0.3, -0.25) is 4.98 Å². The molecule has 2 rings (SSSR count). The molecule has 0 aromatic carbocycles. The van der Waals surface area contributed by atoms with Crippen LogP contribution in [0.15, 0.2) is 12.1 Å². The van der Waals surface area contributed by atoms with Crippen molar-refractivity contribution < 1.29 is 0 Å². The average molecular weight is 190 g/mol. The van der Waals surface area contributed by atoms with Crippen molar-refractivity contribution in [2.24, 2.45) is 0 Å². The number of nitrogens with zero attached hydrogens (tertiary/aromatic N) is 1. The summed E-state index contributed by atoms with van der Waals surface area (Å²) in [6, 6.07) is 5.09. The number of aromatic nitrogens is 1. The Morgan fingerprint density at radius 3 is 2.64 bits per heavy atom. The van der Waals surface area contributed by atoms with Crippen molar-refractivity contribution in [2.45, 2.75) is 39.2 Å². The van der Waals surface area contributed by atoms with Gasteiger partial charge in [0.1, 0.15) is 0 Å². The molecule has 2 heterocycles. The number of pyridine rings is 1. The maximum Gasteiger partial charge on any atom is 0.0378 e. The minimum absolute atomic E-state index is 0.691. The van der Waals surface area contributed by atoms with Gasteiger partial charge in [0.05, 0.1) is 0 Å². The lowest BCUT2D eigenvalue weighted by atomic mass is 10.0. The van der Waals surface area contributed by atoms with Crippen LogP contribution >= 0.6 is 0 Å². The van der Waals surface area contributed by atoms with Crippen molar-refractivity contribution in [1.82, 2.24) is 10.3 Å². The normalized spacial score (nSPS) is 21.4. The Bertz CT molecular complexity index is 294. The molecular formula is C12H18N2. The van der Waals surface area contributed by atoms with E-state index < -0.39 is 0 Å². The summed E-state index contributed by atoms with van der Waals surface area (Å²) in [6.07, 6.45) is 3.80. The molecule has 1 aliphatic heterocycles. The van der Waals surface area contributed by atoms with Gasteiger partial charge in [0.25, 0.3) is 0 Å². The Balaban J connectivity index is 2.07. The molecular weight excluding hydrogens is 172 g/mol. The van der Waals surface area contributed by atoms with Crippen molar-refractivity contribution in [3.05, 3.63) is 29.1 Å². The van der Waals surface area contributed by atoms with E-state index in [1.807, 2.05) is 0 Å². The fraction of sp³-hybridized carbons (Fsp3) is 0.583. The molecule has 0 spiro atoms. The summed E-state index contributed by atoms with van der Waals surface area (Å²) in [5.74, 6) is 0. The van der Waals surface area contributed by atoms with E-state index >= 15 is 0 Å². The van der Waals surface area contributed by atoms with E-state index in [4.69, 9.17) is 0 Å². The van der Waals surface area contributed by atoms with Crippen LogP contribution in [0.5, 0.6) is 0 Å². The topological polar surface area (TPSA) is 24.9 Å². The van der Waals surface area contributed by atoms with Crippen LogP contribution in [-0.2, 0) is 6.42 Å². The van der Waals surface area contributed by atoms with Gasteiger partial charge < -0.3 is 5.32 Å². The standard InChI is InChI=1S/C12H18N2/c1-9-6-11(7-10(2)14-9)8-12-4-3-5-13-12/h6-7,12-13H,3-5,8H2,1-2H3/t12-/m1/s1. The Morgan fingerprint density at radius 2 is 2.07 bits per heavy atom. The van der Waals surface area contributed by atoms with Crippen molar-refractivity contribution in [1.29, 1.82) is 0 Å². The van der Waals surface area contributed by atoms with E-state index in [1.54, 1.807) is 0 Å². The monoisotopic (exact) mass is 190 g/mol. The molecule has 1 atom stereocenters. The molecule has 0 amide bonds. The lowest BCUT2D eigenvalue weighted by molar-refractivity contribution is 0.602. The zero-order chi connectivity index (χ0) is 9.97. The Morgan fingerprint density at radius 1 is 1.36 bits per heavy atom. The molecule has 1 aliphatic rings. The minimum atomic E-state index is 0.691. The molecule has 1 fully saturated rings. The predicted molar refractivity (Wildman–Crippen MR) is 58.4 cm³/mol. The third-order valence-electron chi connectivity index (χ3n) is 2.79. The molecule has 1 aromatic heterocycles. The predicted octanol–water partition coefficient (Wildman–Crippen LogP) is 1.99. The van der Waals surface area contributed by atoms with E-state index in [0.717, 1.165) is 17.8 Å². The highest BCUT2D eigenvalue weighted by molar-refractivity contribution is 5.21. The van der Waals surface area contributed by atoms with Crippen LogP contribution in [0, 0.1) is 13.8 Å². The number of hydrogen-bond donors (Lipinski definition) is 1. The van der Waals surface area contributed by atoms with Crippen LogP contribution in [0.4, 0.5) is 0 Å². The van der Waals surface area contributed by atoms with Gasteiger partial charge in [0, 0.05) is 17.4 Å². The third-order valence-corrected chi connectivity index (χ3v) is 2.79. The van der Waals surface area contributed by atoms with Gasteiger partial charge in [-0.1, -0.05) is 0 Å². The summed E-state index contributed by atoms with van der Waals surface area (Å²) in [5.41, 5.74) is 3.70. The molecule has 14 heavy (non-hydrogen) atoms. The van der Waals surface area contributed by atoms with Crippen molar-refractivity contribution >= 4 is 0 Å². The lowest BCUT2D eigenvalue weighted by Gasteiger charge is -2.10. The highest BCUT2D eigenvalue weighted by Gasteiger charge is 2.14.